The lowest BCUT2D eigenvalue weighted by Crippen LogP contribution is -2.20. The SMILES string of the molecule is CCOC(=O)C1SCn2c3ccccc3c3c4c(c5c6ccccc6n1c5c32)C(=O)NC4=O. The molecule has 0 bridgehead atoms. The second-order valence-electron chi connectivity index (χ2n) is 8.21. The Bertz CT molecular complexity index is 1730. The molecule has 3 aromatic carbocycles. The number of hydrogen-bond acceptors (Lipinski definition) is 5. The predicted octanol–water partition coefficient (Wildman–Crippen LogP) is 4.55. The molecule has 4 heterocycles. The molecule has 33 heavy (non-hydrogen) atoms. The number of aromatic nitrogens is 2. The van der Waals surface area contributed by atoms with Crippen molar-refractivity contribution in [3.05, 3.63) is 59.7 Å². The van der Waals surface area contributed by atoms with Crippen molar-refractivity contribution < 1.29 is 19.1 Å². The highest BCUT2D eigenvalue weighted by Gasteiger charge is 2.39. The number of benzene rings is 3. The van der Waals surface area contributed by atoms with Gasteiger partial charge in [-0.05, 0) is 19.1 Å². The van der Waals surface area contributed by atoms with Crippen LogP contribution in [0.1, 0.15) is 33.0 Å². The van der Waals surface area contributed by atoms with E-state index >= 15 is 0 Å². The number of carbonyl (C=O) groups excluding carboxylic acids is 3. The third-order valence-corrected chi connectivity index (χ3v) is 7.75. The number of nitrogens with one attached hydrogen (secondary N) is 1. The summed E-state index contributed by atoms with van der Waals surface area (Å²) in [5.41, 5.74) is 4.25. The Balaban J connectivity index is 1.82. The molecule has 7 nitrogen and oxygen atoms in total. The standard InChI is InChI=1S/C25H17N3O4S/c1-2-32-25(31)24-28-15-10-6-4-8-13(15)17-19-18(22(29)26-23(19)30)16-12-7-3-5-9-14(12)27(11-33-24)20(16)21(17)28/h3-10,24H,2,11H2,1H3,(H,26,29,30). The summed E-state index contributed by atoms with van der Waals surface area (Å²) in [6.07, 6.45) is 0. The zero-order valence-electron chi connectivity index (χ0n) is 17.5. The maximum absolute atomic E-state index is 13.1. The molecule has 1 unspecified atom stereocenters. The first kappa shape index (κ1) is 18.8. The number of para-hydroxylation sites is 2. The van der Waals surface area contributed by atoms with Crippen molar-refractivity contribution in [1.82, 2.24) is 14.5 Å². The Morgan fingerprint density at radius 1 is 0.970 bits per heavy atom. The van der Waals surface area contributed by atoms with Crippen LogP contribution in [-0.4, -0.2) is 33.5 Å². The summed E-state index contributed by atoms with van der Waals surface area (Å²) in [4.78, 5) is 39.3. The fourth-order valence-electron chi connectivity index (χ4n) is 5.47. The van der Waals surface area contributed by atoms with Crippen molar-refractivity contribution in [1.29, 1.82) is 0 Å². The number of thioether (sulfide) groups is 1. The van der Waals surface area contributed by atoms with Gasteiger partial charge >= 0.3 is 5.97 Å². The molecule has 162 valence electrons. The average Bonchev–Trinajstić information content (AvgIpc) is 3.37. The van der Waals surface area contributed by atoms with Gasteiger partial charge in [0.05, 0.1) is 40.2 Å². The molecular formula is C25H17N3O4S. The van der Waals surface area contributed by atoms with Gasteiger partial charge in [-0.15, -0.1) is 11.8 Å². The lowest BCUT2D eigenvalue weighted by Gasteiger charge is -2.17. The Labute approximate surface area is 191 Å². The minimum absolute atomic E-state index is 0.282. The minimum atomic E-state index is -0.618. The van der Waals surface area contributed by atoms with Gasteiger partial charge in [0.25, 0.3) is 11.8 Å². The molecule has 7 rings (SSSR count). The largest absolute Gasteiger partial charge is 0.464 e. The van der Waals surface area contributed by atoms with Gasteiger partial charge in [-0.2, -0.15) is 0 Å². The Hall–Kier alpha value is -3.78. The number of fused-ring (bicyclic) bond motifs is 9. The van der Waals surface area contributed by atoms with Crippen molar-refractivity contribution in [3.8, 4) is 0 Å². The summed E-state index contributed by atoms with van der Waals surface area (Å²) in [6.45, 7) is 2.08. The lowest BCUT2D eigenvalue weighted by molar-refractivity contribution is -0.144. The van der Waals surface area contributed by atoms with Gasteiger partial charge in [0.15, 0.2) is 5.37 Å². The van der Waals surface area contributed by atoms with E-state index in [2.05, 4.69) is 9.88 Å². The van der Waals surface area contributed by atoms with Gasteiger partial charge in [-0.25, -0.2) is 4.79 Å². The second-order valence-corrected chi connectivity index (χ2v) is 9.25. The highest BCUT2D eigenvalue weighted by molar-refractivity contribution is 7.99. The van der Waals surface area contributed by atoms with Gasteiger partial charge in [0.1, 0.15) is 0 Å². The Morgan fingerprint density at radius 2 is 1.58 bits per heavy atom. The van der Waals surface area contributed by atoms with E-state index in [1.165, 1.54) is 11.8 Å². The molecular weight excluding hydrogens is 438 g/mol. The van der Waals surface area contributed by atoms with E-state index in [0.29, 0.717) is 22.4 Å². The summed E-state index contributed by atoms with van der Waals surface area (Å²) in [5, 5.41) is 5.11. The Morgan fingerprint density at radius 3 is 2.27 bits per heavy atom. The smallest absolute Gasteiger partial charge is 0.339 e. The zero-order chi connectivity index (χ0) is 22.4. The van der Waals surface area contributed by atoms with E-state index in [0.717, 1.165) is 38.2 Å². The van der Waals surface area contributed by atoms with Crippen LogP contribution in [0, 0.1) is 0 Å². The van der Waals surface area contributed by atoms with Crippen LogP contribution in [0.5, 0.6) is 0 Å². The minimum Gasteiger partial charge on any atom is -0.464 e. The summed E-state index contributed by atoms with van der Waals surface area (Å²) in [5.74, 6) is -0.599. The van der Waals surface area contributed by atoms with Crippen LogP contribution >= 0.6 is 11.8 Å². The second kappa shape index (κ2) is 6.39. The van der Waals surface area contributed by atoms with Crippen molar-refractivity contribution in [2.75, 3.05) is 6.61 Å². The number of esters is 1. The fraction of sp³-hybridized carbons (Fsp3) is 0.160. The highest BCUT2D eigenvalue weighted by Crippen LogP contribution is 2.49. The molecule has 2 aliphatic heterocycles. The van der Waals surface area contributed by atoms with Crippen LogP contribution in [0.4, 0.5) is 0 Å². The predicted molar refractivity (Wildman–Crippen MR) is 128 cm³/mol. The van der Waals surface area contributed by atoms with Gasteiger partial charge in [-0.3, -0.25) is 14.9 Å². The third-order valence-electron chi connectivity index (χ3n) is 6.62. The Kier molecular flexibility index (Phi) is 3.63. The van der Waals surface area contributed by atoms with Gasteiger partial charge in [0, 0.05) is 27.1 Å². The van der Waals surface area contributed by atoms with E-state index in [1.54, 1.807) is 6.92 Å². The highest BCUT2D eigenvalue weighted by atomic mass is 32.2. The summed E-state index contributed by atoms with van der Waals surface area (Å²) in [7, 11) is 0. The first-order valence-corrected chi connectivity index (χ1v) is 11.8. The maximum atomic E-state index is 13.1. The average molecular weight is 455 g/mol. The number of ether oxygens (including phenoxy) is 1. The molecule has 8 heteroatoms. The third kappa shape index (κ3) is 2.19. The van der Waals surface area contributed by atoms with Crippen LogP contribution in [0.2, 0.25) is 0 Å². The van der Waals surface area contributed by atoms with Crippen molar-refractivity contribution in [2.24, 2.45) is 0 Å². The molecule has 0 spiro atoms. The van der Waals surface area contributed by atoms with Gasteiger partial charge < -0.3 is 13.9 Å². The van der Waals surface area contributed by atoms with Crippen molar-refractivity contribution in [3.63, 3.8) is 0 Å². The fourth-order valence-corrected chi connectivity index (χ4v) is 6.60. The summed E-state index contributed by atoms with van der Waals surface area (Å²) >= 11 is 1.48. The molecule has 0 aliphatic carbocycles. The van der Waals surface area contributed by atoms with Crippen LogP contribution in [0.15, 0.2) is 48.5 Å². The van der Waals surface area contributed by atoms with E-state index in [4.69, 9.17) is 4.74 Å². The van der Waals surface area contributed by atoms with Crippen LogP contribution in [-0.2, 0) is 15.4 Å². The molecule has 2 aliphatic rings. The number of amides is 2. The van der Waals surface area contributed by atoms with Crippen molar-refractivity contribution in [2.45, 2.75) is 18.2 Å². The number of hydrogen-bond donors (Lipinski definition) is 1. The molecule has 1 N–H and O–H groups in total. The number of nitrogens with zero attached hydrogens (tertiary/aromatic N) is 2. The first-order chi connectivity index (χ1) is 16.1. The number of rotatable bonds is 2. The lowest BCUT2D eigenvalue weighted by atomic mass is 9.96. The molecule has 0 radical (unpaired) electrons. The van der Waals surface area contributed by atoms with Gasteiger partial charge in [-0.1, -0.05) is 36.4 Å². The summed E-state index contributed by atoms with van der Waals surface area (Å²) < 4.78 is 9.60. The van der Waals surface area contributed by atoms with Crippen LogP contribution in [0.25, 0.3) is 43.6 Å². The monoisotopic (exact) mass is 455 g/mol. The van der Waals surface area contributed by atoms with Crippen LogP contribution < -0.4 is 5.32 Å². The molecule has 1 atom stereocenters. The van der Waals surface area contributed by atoms with E-state index < -0.39 is 11.3 Å². The van der Waals surface area contributed by atoms with Gasteiger partial charge in [0.2, 0.25) is 0 Å². The number of imide groups is 1. The molecule has 0 fully saturated rings. The van der Waals surface area contributed by atoms with E-state index in [9.17, 15) is 14.4 Å². The van der Waals surface area contributed by atoms with Crippen LogP contribution in [0.3, 0.4) is 0 Å². The molecule has 2 amide bonds. The molecule has 0 saturated carbocycles. The molecule has 0 saturated heterocycles. The molecule has 5 aromatic rings. The summed E-state index contributed by atoms with van der Waals surface area (Å²) in [6, 6.07) is 15.6. The van der Waals surface area contributed by atoms with Crippen molar-refractivity contribution >= 4 is 73.2 Å². The maximum Gasteiger partial charge on any atom is 0.339 e. The quantitative estimate of drug-likeness (QED) is 0.312. The number of carbonyl (C=O) groups is 3. The normalized spacial score (nSPS) is 17.3. The first-order valence-electron chi connectivity index (χ1n) is 10.7. The molecule has 2 aromatic heterocycles. The topological polar surface area (TPSA) is 82.3 Å². The zero-order valence-corrected chi connectivity index (χ0v) is 18.4. The van der Waals surface area contributed by atoms with E-state index in [-0.39, 0.29) is 18.5 Å². The van der Waals surface area contributed by atoms with E-state index in [1.807, 2.05) is 53.1 Å².